The molecule has 0 saturated heterocycles. The molecule has 0 fully saturated rings. The van der Waals surface area contributed by atoms with Crippen molar-refractivity contribution in [2.75, 3.05) is 6.61 Å². The Morgan fingerprint density at radius 1 is 1.35 bits per heavy atom. The van der Waals surface area contributed by atoms with Gasteiger partial charge in [0.2, 0.25) is 6.04 Å². The van der Waals surface area contributed by atoms with Crippen LogP contribution in [0.3, 0.4) is 0 Å². The Labute approximate surface area is 118 Å². The van der Waals surface area contributed by atoms with Gasteiger partial charge in [-0.3, -0.25) is 0 Å². The van der Waals surface area contributed by atoms with E-state index in [1.807, 2.05) is 48.9 Å². The molecular formula is C15H20N3O2+. The summed E-state index contributed by atoms with van der Waals surface area (Å²) in [4.78, 5) is 11.9. The summed E-state index contributed by atoms with van der Waals surface area (Å²) in [5, 5.41) is 4.51. The minimum Gasteiger partial charge on any atom is -0.461 e. The number of aromatic nitrogens is 2. The fraction of sp³-hybridized carbons (Fsp3) is 0.333. The molecule has 0 bridgehead atoms. The molecule has 0 aliphatic heterocycles. The van der Waals surface area contributed by atoms with Gasteiger partial charge >= 0.3 is 5.97 Å². The van der Waals surface area contributed by atoms with E-state index in [2.05, 4.69) is 10.8 Å². The number of aryl methyl sites for hydroxylation is 1. The highest BCUT2D eigenvalue weighted by atomic mass is 16.5. The molecule has 2 aromatic rings. The average Bonchev–Trinajstić information content (AvgIpc) is 2.74. The summed E-state index contributed by atoms with van der Waals surface area (Å²) >= 11 is 0. The predicted octanol–water partition coefficient (Wildman–Crippen LogP) is 1.34. The lowest BCUT2D eigenvalue weighted by molar-refractivity contribution is -0.414. The number of hydrogen-bond donors (Lipinski definition) is 1. The van der Waals surface area contributed by atoms with Gasteiger partial charge in [-0.1, -0.05) is 18.2 Å². The van der Waals surface area contributed by atoms with Crippen LogP contribution in [0.15, 0.2) is 30.3 Å². The molecule has 20 heavy (non-hydrogen) atoms. The molecule has 0 aliphatic rings. The van der Waals surface area contributed by atoms with Crippen LogP contribution in [0.1, 0.15) is 29.9 Å². The summed E-state index contributed by atoms with van der Waals surface area (Å²) in [6.45, 7) is 5.98. The maximum Gasteiger partial charge on any atom is 0.369 e. The zero-order valence-electron chi connectivity index (χ0n) is 12.1. The average molecular weight is 274 g/mol. The van der Waals surface area contributed by atoms with Crippen molar-refractivity contribution in [3.8, 4) is 5.69 Å². The van der Waals surface area contributed by atoms with Gasteiger partial charge in [-0.2, -0.15) is 5.10 Å². The predicted molar refractivity (Wildman–Crippen MR) is 75.3 cm³/mol. The van der Waals surface area contributed by atoms with Crippen LogP contribution < -0.4 is 5.73 Å². The molecule has 5 heteroatoms. The van der Waals surface area contributed by atoms with E-state index in [1.165, 1.54) is 0 Å². The Balaban J connectivity index is 2.42. The number of quaternary nitrogens is 1. The van der Waals surface area contributed by atoms with Crippen LogP contribution >= 0.6 is 0 Å². The Kier molecular flexibility index (Phi) is 4.20. The summed E-state index contributed by atoms with van der Waals surface area (Å²) in [5.41, 5.74) is 7.46. The number of para-hydroxylation sites is 1. The Hall–Kier alpha value is -2.14. The van der Waals surface area contributed by atoms with Crippen LogP contribution in [0.2, 0.25) is 0 Å². The smallest absolute Gasteiger partial charge is 0.369 e. The van der Waals surface area contributed by atoms with Crippen molar-refractivity contribution in [3.05, 3.63) is 47.3 Å². The van der Waals surface area contributed by atoms with Gasteiger partial charge < -0.3 is 10.5 Å². The molecule has 0 aliphatic carbocycles. The number of hydrogen-bond acceptors (Lipinski definition) is 3. The third-order valence-corrected chi connectivity index (χ3v) is 3.27. The first-order valence-electron chi connectivity index (χ1n) is 6.67. The molecule has 0 unspecified atom stereocenters. The number of rotatable bonds is 4. The summed E-state index contributed by atoms with van der Waals surface area (Å²) in [6.07, 6.45) is 0. The molecular weight excluding hydrogens is 254 g/mol. The molecule has 0 saturated carbocycles. The largest absolute Gasteiger partial charge is 0.461 e. The van der Waals surface area contributed by atoms with E-state index in [-0.39, 0.29) is 5.97 Å². The summed E-state index contributed by atoms with van der Waals surface area (Å²) in [5.74, 6) is -0.314. The lowest BCUT2D eigenvalue weighted by atomic mass is 10.1. The van der Waals surface area contributed by atoms with Crippen molar-refractivity contribution in [1.29, 1.82) is 0 Å². The number of nitrogens with zero attached hydrogens (tertiary/aromatic N) is 2. The third-order valence-electron chi connectivity index (χ3n) is 3.27. The standard InChI is InChI=1S/C15H19N3O2/c1-4-20-15(19)14(16)13-10(2)17-18(11(13)3)12-8-6-5-7-9-12/h5-9,14H,4,16H2,1-3H3/p+1/t14-/m0/s1. The van der Waals surface area contributed by atoms with Crippen molar-refractivity contribution in [1.82, 2.24) is 9.78 Å². The molecule has 1 atom stereocenters. The Morgan fingerprint density at radius 2 is 2.00 bits per heavy atom. The summed E-state index contributed by atoms with van der Waals surface area (Å²) in [6, 6.07) is 9.28. The molecule has 1 heterocycles. The van der Waals surface area contributed by atoms with Crippen molar-refractivity contribution in [3.63, 3.8) is 0 Å². The van der Waals surface area contributed by atoms with Gasteiger partial charge in [-0.25, -0.2) is 9.48 Å². The monoisotopic (exact) mass is 274 g/mol. The SMILES string of the molecule is CCOC(=O)[C@@H]([NH3+])c1c(C)nn(-c2ccccc2)c1C. The van der Waals surface area contributed by atoms with E-state index < -0.39 is 6.04 Å². The first-order chi connectivity index (χ1) is 9.56. The molecule has 0 radical (unpaired) electrons. The Morgan fingerprint density at radius 3 is 2.60 bits per heavy atom. The van der Waals surface area contributed by atoms with E-state index in [0.717, 1.165) is 22.6 Å². The summed E-state index contributed by atoms with van der Waals surface area (Å²) < 4.78 is 6.88. The first-order valence-corrected chi connectivity index (χ1v) is 6.67. The lowest BCUT2D eigenvalue weighted by Gasteiger charge is -2.09. The quantitative estimate of drug-likeness (QED) is 0.855. The Bertz CT molecular complexity index is 605. The van der Waals surface area contributed by atoms with Crippen molar-refractivity contribution >= 4 is 5.97 Å². The fourth-order valence-corrected chi connectivity index (χ4v) is 2.34. The second-order valence-electron chi connectivity index (χ2n) is 4.64. The second kappa shape index (κ2) is 5.88. The molecule has 1 aromatic heterocycles. The van der Waals surface area contributed by atoms with E-state index in [0.29, 0.717) is 6.61 Å². The molecule has 0 spiro atoms. The van der Waals surface area contributed by atoms with Crippen LogP contribution in [0, 0.1) is 13.8 Å². The van der Waals surface area contributed by atoms with Crippen molar-refractivity contribution < 1.29 is 15.3 Å². The van der Waals surface area contributed by atoms with Gasteiger partial charge in [0.05, 0.1) is 29.2 Å². The zero-order valence-corrected chi connectivity index (χ0v) is 12.1. The molecule has 0 amide bonds. The highest BCUT2D eigenvalue weighted by Gasteiger charge is 2.28. The first kappa shape index (κ1) is 14.3. The number of ether oxygens (including phenoxy) is 1. The zero-order chi connectivity index (χ0) is 14.7. The van der Waals surface area contributed by atoms with Gasteiger partial charge in [0.1, 0.15) is 0 Å². The molecule has 106 valence electrons. The number of carbonyl (C=O) groups excluding carboxylic acids is 1. The molecule has 3 N–H and O–H groups in total. The number of benzene rings is 1. The van der Waals surface area contributed by atoms with E-state index in [9.17, 15) is 4.79 Å². The van der Waals surface area contributed by atoms with Crippen LogP contribution in [0.5, 0.6) is 0 Å². The van der Waals surface area contributed by atoms with Gasteiger partial charge in [0, 0.05) is 0 Å². The normalized spacial score (nSPS) is 12.2. The maximum atomic E-state index is 11.9. The number of carbonyl (C=O) groups is 1. The topological polar surface area (TPSA) is 71.8 Å². The van der Waals surface area contributed by atoms with Crippen molar-refractivity contribution in [2.45, 2.75) is 26.8 Å². The van der Waals surface area contributed by atoms with Gasteiger partial charge in [-0.15, -0.1) is 0 Å². The van der Waals surface area contributed by atoms with Gasteiger partial charge in [0.15, 0.2) is 0 Å². The fourth-order valence-electron chi connectivity index (χ4n) is 2.34. The maximum absolute atomic E-state index is 11.9. The number of esters is 1. The molecule has 1 aromatic carbocycles. The van der Waals surface area contributed by atoms with Crippen LogP contribution in [0.25, 0.3) is 5.69 Å². The minimum absolute atomic E-state index is 0.314. The van der Waals surface area contributed by atoms with Gasteiger partial charge in [0.25, 0.3) is 0 Å². The van der Waals surface area contributed by atoms with Crippen LogP contribution in [-0.4, -0.2) is 22.4 Å². The van der Waals surface area contributed by atoms with Gasteiger partial charge in [-0.05, 0) is 32.9 Å². The van der Waals surface area contributed by atoms with Crippen molar-refractivity contribution in [2.24, 2.45) is 0 Å². The minimum atomic E-state index is -0.549. The van der Waals surface area contributed by atoms with E-state index in [4.69, 9.17) is 4.74 Å². The highest BCUT2D eigenvalue weighted by molar-refractivity contribution is 5.76. The summed E-state index contributed by atoms with van der Waals surface area (Å²) in [7, 11) is 0. The van der Waals surface area contributed by atoms with E-state index >= 15 is 0 Å². The third kappa shape index (κ3) is 2.58. The lowest BCUT2D eigenvalue weighted by Crippen LogP contribution is -2.58. The highest BCUT2D eigenvalue weighted by Crippen LogP contribution is 2.22. The van der Waals surface area contributed by atoms with Crippen LogP contribution in [-0.2, 0) is 9.53 Å². The van der Waals surface area contributed by atoms with Crippen LogP contribution in [0.4, 0.5) is 0 Å². The molecule has 2 rings (SSSR count). The second-order valence-corrected chi connectivity index (χ2v) is 4.64. The molecule has 5 nitrogen and oxygen atoms in total. The van der Waals surface area contributed by atoms with E-state index in [1.54, 1.807) is 6.92 Å².